The third-order valence-corrected chi connectivity index (χ3v) is 3.27. The van der Waals surface area contributed by atoms with Crippen LogP contribution >= 0.6 is 0 Å². The van der Waals surface area contributed by atoms with E-state index in [1.165, 1.54) is 0 Å². The minimum absolute atomic E-state index is 0.208. The molecule has 1 atom stereocenters. The monoisotopic (exact) mass is 314 g/mol. The molecular weight excluding hydrogens is 296 g/mol. The molecule has 2 aromatic carbocycles. The molecule has 1 fully saturated rings. The van der Waals surface area contributed by atoms with Crippen LogP contribution in [0.2, 0.25) is 0 Å². The number of carbonyl (C=O) groups is 1. The van der Waals surface area contributed by atoms with Gasteiger partial charge in [-0.3, -0.25) is 0 Å². The van der Waals surface area contributed by atoms with Gasteiger partial charge in [-0.25, -0.2) is 4.79 Å². The molecular formula is C18H18O5. The predicted molar refractivity (Wildman–Crippen MR) is 84.2 cm³/mol. The van der Waals surface area contributed by atoms with Crippen molar-refractivity contribution in [1.29, 1.82) is 0 Å². The highest BCUT2D eigenvalue weighted by Gasteiger charge is 2.23. The summed E-state index contributed by atoms with van der Waals surface area (Å²) in [6.45, 7) is 3.81. The van der Waals surface area contributed by atoms with Crippen LogP contribution in [0.25, 0.3) is 0 Å². The van der Waals surface area contributed by atoms with E-state index in [4.69, 9.17) is 18.9 Å². The van der Waals surface area contributed by atoms with Gasteiger partial charge in [-0.2, -0.15) is 0 Å². The number of carbonyl (C=O) groups excluding carboxylic acids is 1. The quantitative estimate of drug-likeness (QED) is 0.446. The molecule has 0 bridgehead atoms. The lowest BCUT2D eigenvalue weighted by Crippen LogP contribution is -2.09. The van der Waals surface area contributed by atoms with Crippen LogP contribution in [0.1, 0.15) is 17.3 Å². The van der Waals surface area contributed by atoms with Crippen LogP contribution in [0.5, 0.6) is 17.2 Å². The van der Waals surface area contributed by atoms with Gasteiger partial charge in [0.2, 0.25) is 0 Å². The highest BCUT2D eigenvalue weighted by Crippen LogP contribution is 2.20. The number of hydrogen-bond acceptors (Lipinski definition) is 5. The lowest BCUT2D eigenvalue weighted by Gasteiger charge is -2.07. The summed E-state index contributed by atoms with van der Waals surface area (Å²) in [6.07, 6.45) is 0.208. The number of esters is 1. The summed E-state index contributed by atoms with van der Waals surface area (Å²) in [7, 11) is 0. The maximum Gasteiger partial charge on any atom is 0.343 e. The highest BCUT2D eigenvalue weighted by atomic mass is 16.6. The van der Waals surface area contributed by atoms with Gasteiger partial charge in [0.15, 0.2) is 0 Å². The van der Waals surface area contributed by atoms with E-state index in [2.05, 4.69) is 0 Å². The largest absolute Gasteiger partial charge is 0.494 e. The lowest BCUT2D eigenvalue weighted by atomic mass is 10.2. The topological polar surface area (TPSA) is 57.3 Å². The fourth-order valence-corrected chi connectivity index (χ4v) is 1.98. The van der Waals surface area contributed by atoms with Crippen molar-refractivity contribution < 1.29 is 23.7 Å². The van der Waals surface area contributed by atoms with Crippen molar-refractivity contribution in [2.45, 2.75) is 13.0 Å². The maximum atomic E-state index is 12.1. The minimum atomic E-state index is -0.411. The summed E-state index contributed by atoms with van der Waals surface area (Å²) >= 11 is 0. The number of hydrogen-bond donors (Lipinski definition) is 0. The summed E-state index contributed by atoms with van der Waals surface area (Å²) in [6, 6.07) is 13.8. The summed E-state index contributed by atoms with van der Waals surface area (Å²) in [4.78, 5) is 12.1. The highest BCUT2D eigenvalue weighted by molar-refractivity contribution is 5.91. The Morgan fingerprint density at radius 3 is 2.17 bits per heavy atom. The zero-order valence-electron chi connectivity index (χ0n) is 12.9. The Labute approximate surface area is 134 Å². The first kappa shape index (κ1) is 15.4. The molecule has 23 heavy (non-hydrogen) atoms. The van der Waals surface area contributed by atoms with Crippen molar-refractivity contribution in [2.75, 3.05) is 19.8 Å². The first-order valence-corrected chi connectivity index (χ1v) is 7.54. The van der Waals surface area contributed by atoms with E-state index in [1.54, 1.807) is 48.5 Å². The molecule has 5 heteroatoms. The van der Waals surface area contributed by atoms with Gasteiger partial charge in [0.25, 0.3) is 0 Å². The van der Waals surface area contributed by atoms with Crippen LogP contribution in [-0.4, -0.2) is 31.9 Å². The predicted octanol–water partition coefficient (Wildman–Crippen LogP) is 3.08. The molecule has 1 aliphatic heterocycles. The van der Waals surface area contributed by atoms with Crippen molar-refractivity contribution in [3.8, 4) is 17.2 Å². The van der Waals surface area contributed by atoms with E-state index >= 15 is 0 Å². The number of epoxide rings is 1. The van der Waals surface area contributed by atoms with E-state index in [9.17, 15) is 4.79 Å². The fraction of sp³-hybridized carbons (Fsp3) is 0.278. The van der Waals surface area contributed by atoms with Gasteiger partial charge in [-0.1, -0.05) is 0 Å². The summed E-state index contributed by atoms with van der Waals surface area (Å²) in [5, 5.41) is 0. The number of ether oxygens (including phenoxy) is 4. The molecule has 1 aliphatic rings. The molecule has 0 aromatic heterocycles. The van der Waals surface area contributed by atoms with Crippen molar-refractivity contribution in [3.05, 3.63) is 54.1 Å². The molecule has 0 aliphatic carbocycles. The van der Waals surface area contributed by atoms with E-state index in [0.29, 0.717) is 30.3 Å². The first-order chi connectivity index (χ1) is 11.2. The third-order valence-electron chi connectivity index (χ3n) is 3.27. The second-order valence-corrected chi connectivity index (χ2v) is 5.08. The maximum absolute atomic E-state index is 12.1. The molecule has 0 N–H and O–H groups in total. The van der Waals surface area contributed by atoms with Crippen molar-refractivity contribution in [1.82, 2.24) is 0 Å². The fourth-order valence-electron chi connectivity index (χ4n) is 1.98. The van der Waals surface area contributed by atoms with Gasteiger partial charge in [0, 0.05) is 0 Å². The van der Waals surface area contributed by atoms with Crippen LogP contribution < -0.4 is 14.2 Å². The van der Waals surface area contributed by atoms with Crippen LogP contribution in [-0.2, 0) is 4.74 Å². The van der Waals surface area contributed by atoms with Gasteiger partial charge >= 0.3 is 5.97 Å². The number of rotatable bonds is 7. The molecule has 0 radical (unpaired) electrons. The Hall–Kier alpha value is -2.53. The van der Waals surface area contributed by atoms with Crippen LogP contribution in [0.15, 0.2) is 48.5 Å². The Kier molecular flexibility index (Phi) is 4.78. The molecule has 0 spiro atoms. The van der Waals surface area contributed by atoms with Crippen molar-refractivity contribution in [2.24, 2.45) is 0 Å². The Morgan fingerprint density at radius 1 is 1.00 bits per heavy atom. The number of benzene rings is 2. The SMILES string of the molecule is CCOc1ccc(OC(=O)c2ccc(OCC3CO3)cc2)cc1. The summed E-state index contributed by atoms with van der Waals surface area (Å²) in [5.74, 6) is 1.52. The average Bonchev–Trinajstić information content (AvgIpc) is 3.40. The molecule has 0 amide bonds. The smallest absolute Gasteiger partial charge is 0.343 e. The Bertz CT molecular complexity index is 644. The summed E-state index contributed by atoms with van der Waals surface area (Å²) in [5.41, 5.74) is 0.467. The van der Waals surface area contributed by atoms with Gasteiger partial charge < -0.3 is 18.9 Å². The zero-order valence-corrected chi connectivity index (χ0v) is 12.9. The van der Waals surface area contributed by atoms with Gasteiger partial charge in [0.05, 0.1) is 18.8 Å². The molecule has 2 aromatic rings. The van der Waals surface area contributed by atoms with Crippen molar-refractivity contribution in [3.63, 3.8) is 0 Å². The first-order valence-electron chi connectivity index (χ1n) is 7.54. The Morgan fingerprint density at radius 2 is 1.57 bits per heavy atom. The van der Waals surface area contributed by atoms with Crippen LogP contribution in [0.3, 0.4) is 0 Å². The van der Waals surface area contributed by atoms with E-state index in [-0.39, 0.29) is 6.10 Å². The van der Waals surface area contributed by atoms with E-state index < -0.39 is 5.97 Å². The van der Waals surface area contributed by atoms with Gasteiger partial charge in [-0.05, 0) is 55.5 Å². The van der Waals surface area contributed by atoms with Gasteiger partial charge in [0.1, 0.15) is 30.0 Å². The molecule has 3 rings (SSSR count). The molecule has 120 valence electrons. The van der Waals surface area contributed by atoms with Crippen molar-refractivity contribution >= 4 is 5.97 Å². The standard InChI is InChI=1S/C18H18O5/c1-2-20-14-7-9-16(10-8-14)23-18(19)13-3-5-15(6-4-13)21-11-17-12-22-17/h3-10,17H,2,11-12H2,1H3. The third kappa shape index (κ3) is 4.47. The van der Waals surface area contributed by atoms with E-state index in [0.717, 1.165) is 12.4 Å². The molecule has 1 heterocycles. The minimum Gasteiger partial charge on any atom is -0.494 e. The van der Waals surface area contributed by atoms with Crippen LogP contribution in [0, 0.1) is 0 Å². The lowest BCUT2D eigenvalue weighted by molar-refractivity contribution is 0.0734. The molecule has 5 nitrogen and oxygen atoms in total. The zero-order chi connectivity index (χ0) is 16.1. The molecule has 1 unspecified atom stereocenters. The Balaban J connectivity index is 1.56. The van der Waals surface area contributed by atoms with Gasteiger partial charge in [-0.15, -0.1) is 0 Å². The second kappa shape index (κ2) is 7.15. The normalized spacial score (nSPS) is 15.8. The average molecular weight is 314 g/mol. The summed E-state index contributed by atoms with van der Waals surface area (Å²) < 4.78 is 21.3. The molecule has 1 saturated heterocycles. The second-order valence-electron chi connectivity index (χ2n) is 5.08. The van der Waals surface area contributed by atoms with Crippen LogP contribution in [0.4, 0.5) is 0 Å². The molecule has 0 saturated carbocycles. The van der Waals surface area contributed by atoms with E-state index in [1.807, 2.05) is 6.92 Å².